The van der Waals surface area contributed by atoms with E-state index in [-0.39, 0.29) is 18.3 Å². The fourth-order valence-corrected chi connectivity index (χ4v) is 5.17. The molecule has 0 aromatic heterocycles. The zero-order chi connectivity index (χ0) is 18.4. The summed E-state index contributed by atoms with van der Waals surface area (Å²) in [5.41, 5.74) is 0.917. The highest BCUT2D eigenvalue weighted by Crippen LogP contribution is 2.21. The predicted octanol–water partition coefficient (Wildman–Crippen LogP) is 2.29. The summed E-state index contributed by atoms with van der Waals surface area (Å²) in [5, 5.41) is 6.27. The van der Waals surface area contributed by atoms with Crippen LogP contribution in [0.25, 0.3) is 0 Å². The smallest absolute Gasteiger partial charge is 0.243 e. The van der Waals surface area contributed by atoms with E-state index in [0.29, 0.717) is 36.9 Å². The molecule has 2 saturated heterocycles. The Labute approximate surface area is 168 Å². The Morgan fingerprint density at radius 2 is 1.74 bits per heavy atom. The molecule has 8 heteroatoms. The molecule has 2 N–H and O–H groups in total. The maximum Gasteiger partial charge on any atom is 0.243 e. The Bertz CT molecular complexity index is 697. The lowest BCUT2D eigenvalue weighted by Crippen LogP contribution is -2.29. The molecule has 6 nitrogen and oxygen atoms in total. The van der Waals surface area contributed by atoms with Gasteiger partial charge in [-0.15, -0.1) is 12.4 Å². The van der Waals surface area contributed by atoms with E-state index >= 15 is 0 Å². The van der Waals surface area contributed by atoms with Crippen molar-refractivity contribution in [2.45, 2.75) is 50.0 Å². The lowest BCUT2D eigenvalue weighted by molar-refractivity contribution is -0.121. The van der Waals surface area contributed by atoms with Gasteiger partial charge in [0.25, 0.3) is 0 Å². The third kappa shape index (κ3) is 6.17. The molecule has 152 valence electrons. The predicted molar refractivity (Wildman–Crippen MR) is 108 cm³/mol. The van der Waals surface area contributed by atoms with Gasteiger partial charge < -0.3 is 10.6 Å². The van der Waals surface area contributed by atoms with E-state index in [9.17, 15) is 13.2 Å². The monoisotopic (exact) mass is 415 g/mol. The topological polar surface area (TPSA) is 78.5 Å². The van der Waals surface area contributed by atoms with Gasteiger partial charge in [-0.1, -0.05) is 12.1 Å². The number of amides is 1. The zero-order valence-electron chi connectivity index (χ0n) is 15.7. The van der Waals surface area contributed by atoms with Crippen LogP contribution < -0.4 is 10.6 Å². The Hall–Kier alpha value is -1.15. The number of carbonyl (C=O) groups is 1. The van der Waals surface area contributed by atoms with E-state index in [1.165, 1.54) is 0 Å². The lowest BCUT2D eigenvalue weighted by atomic mass is 9.93. The number of hydrogen-bond acceptors (Lipinski definition) is 4. The number of hydrogen-bond donors (Lipinski definition) is 2. The molecule has 0 unspecified atom stereocenters. The van der Waals surface area contributed by atoms with Crippen LogP contribution in [0.15, 0.2) is 29.2 Å². The van der Waals surface area contributed by atoms with E-state index in [2.05, 4.69) is 10.6 Å². The molecular formula is C19H30ClN3O3S. The van der Waals surface area contributed by atoms with Crippen molar-refractivity contribution in [2.75, 3.05) is 26.2 Å². The van der Waals surface area contributed by atoms with Gasteiger partial charge in [0, 0.05) is 26.1 Å². The maximum atomic E-state index is 12.5. The van der Waals surface area contributed by atoms with Crippen molar-refractivity contribution in [3.05, 3.63) is 29.8 Å². The summed E-state index contributed by atoms with van der Waals surface area (Å²) in [4.78, 5) is 12.4. The van der Waals surface area contributed by atoms with Gasteiger partial charge in [-0.05, 0) is 68.8 Å². The third-order valence-corrected chi connectivity index (χ3v) is 7.27. The molecule has 1 aromatic rings. The van der Waals surface area contributed by atoms with Gasteiger partial charge in [-0.3, -0.25) is 4.79 Å². The van der Waals surface area contributed by atoms with Crippen molar-refractivity contribution >= 4 is 28.3 Å². The Morgan fingerprint density at radius 3 is 2.37 bits per heavy atom. The van der Waals surface area contributed by atoms with Gasteiger partial charge in [0.1, 0.15) is 0 Å². The second kappa shape index (κ2) is 10.4. The molecule has 1 amide bonds. The summed E-state index contributed by atoms with van der Waals surface area (Å²) in [6, 6.07) is 6.86. The van der Waals surface area contributed by atoms with Gasteiger partial charge in [-0.25, -0.2) is 8.42 Å². The van der Waals surface area contributed by atoms with Crippen LogP contribution in [0.4, 0.5) is 0 Å². The van der Waals surface area contributed by atoms with E-state index < -0.39 is 10.0 Å². The Balaban J connectivity index is 0.00000261. The fraction of sp³-hybridized carbons (Fsp3) is 0.632. The standard InChI is InChI=1S/C19H29N3O3S.ClH/c23-19(8-5-16-9-11-20-12-10-16)21-15-17-3-6-18(7-4-17)26(24,25)22-13-1-2-14-22;/h3-4,6-7,16,20H,1-2,5,8-15H2,(H,21,23);1H. The van der Waals surface area contributed by atoms with Crippen molar-refractivity contribution in [1.82, 2.24) is 14.9 Å². The Kier molecular flexibility index (Phi) is 8.54. The first kappa shape index (κ1) is 22.1. The van der Waals surface area contributed by atoms with Crippen molar-refractivity contribution < 1.29 is 13.2 Å². The van der Waals surface area contributed by atoms with Crippen LogP contribution in [-0.2, 0) is 21.4 Å². The molecule has 2 aliphatic rings. The number of nitrogens with one attached hydrogen (secondary N) is 2. The number of rotatable bonds is 7. The third-order valence-electron chi connectivity index (χ3n) is 5.35. The molecular weight excluding hydrogens is 386 g/mol. The summed E-state index contributed by atoms with van der Waals surface area (Å²) < 4.78 is 26.5. The highest BCUT2D eigenvalue weighted by molar-refractivity contribution is 7.89. The largest absolute Gasteiger partial charge is 0.352 e. The average Bonchev–Trinajstić information content (AvgIpc) is 3.21. The van der Waals surface area contributed by atoms with Crippen LogP contribution in [0.2, 0.25) is 0 Å². The SMILES string of the molecule is Cl.O=C(CCC1CCNCC1)NCc1ccc(S(=O)(=O)N2CCCC2)cc1. The molecule has 2 heterocycles. The van der Waals surface area contributed by atoms with Crippen LogP contribution in [0, 0.1) is 5.92 Å². The van der Waals surface area contributed by atoms with Crippen LogP contribution in [0.3, 0.4) is 0 Å². The molecule has 0 bridgehead atoms. The number of sulfonamides is 1. The lowest BCUT2D eigenvalue weighted by Gasteiger charge is -2.22. The molecule has 0 saturated carbocycles. The van der Waals surface area contributed by atoms with Crippen molar-refractivity contribution in [1.29, 1.82) is 0 Å². The van der Waals surface area contributed by atoms with Crippen LogP contribution in [-0.4, -0.2) is 44.8 Å². The van der Waals surface area contributed by atoms with Gasteiger partial charge in [0.15, 0.2) is 0 Å². The highest BCUT2D eigenvalue weighted by atomic mass is 35.5. The summed E-state index contributed by atoms with van der Waals surface area (Å²) >= 11 is 0. The number of carbonyl (C=O) groups excluding carboxylic acids is 1. The number of piperidine rings is 1. The first-order chi connectivity index (χ1) is 12.6. The minimum Gasteiger partial charge on any atom is -0.352 e. The first-order valence-corrected chi connectivity index (χ1v) is 11.1. The molecule has 0 aliphatic carbocycles. The normalized spacial score (nSPS) is 18.8. The quantitative estimate of drug-likeness (QED) is 0.716. The van der Waals surface area contributed by atoms with Crippen LogP contribution in [0.1, 0.15) is 44.1 Å². The van der Waals surface area contributed by atoms with Gasteiger partial charge in [0.2, 0.25) is 15.9 Å². The highest BCUT2D eigenvalue weighted by Gasteiger charge is 2.26. The minimum absolute atomic E-state index is 0. The van der Waals surface area contributed by atoms with Crippen molar-refractivity contribution in [3.63, 3.8) is 0 Å². The van der Waals surface area contributed by atoms with Gasteiger partial charge in [-0.2, -0.15) is 4.31 Å². The van der Waals surface area contributed by atoms with E-state index in [1.54, 1.807) is 28.6 Å². The molecule has 1 aromatic carbocycles. The van der Waals surface area contributed by atoms with Crippen LogP contribution in [0.5, 0.6) is 0 Å². The zero-order valence-corrected chi connectivity index (χ0v) is 17.3. The molecule has 2 aliphatic heterocycles. The second-order valence-electron chi connectivity index (χ2n) is 7.26. The second-order valence-corrected chi connectivity index (χ2v) is 9.20. The Morgan fingerprint density at radius 1 is 1.11 bits per heavy atom. The maximum absolute atomic E-state index is 12.5. The molecule has 0 radical (unpaired) electrons. The van der Waals surface area contributed by atoms with E-state index in [0.717, 1.165) is 50.8 Å². The number of nitrogens with zero attached hydrogens (tertiary/aromatic N) is 1. The van der Waals surface area contributed by atoms with Gasteiger partial charge in [0.05, 0.1) is 4.90 Å². The van der Waals surface area contributed by atoms with E-state index in [1.807, 2.05) is 0 Å². The molecule has 0 spiro atoms. The first-order valence-electron chi connectivity index (χ1n) is 9.62. The van der Waals surface area contributed by atoms with Crippen LogP contribution >= 0.6 is 12.4 Å². The average molecular weight is 416 g/mol. The summed E-state index contributed by atoms with van der Waals surface area (Å²) in [7, 11) is -3.37. The minimum atomic E-state index is -3.37. The van der Waals surface area contributed by atoms with Crippen molar-refractivity contribution in [3.8, 4) is 0 Å². The fourth-order valence-electron chi connectivity index (χ4n) is 3.65. The molecule has 3 rings (SSSR count). The number of benzene rings is 1. The summed E-state index contributed by atoms with van der Waals surface area (Å²) in [6.45, 7) is 3.77. The summed E-state index contributed by atoms with van der Waals surface area (Å²) in [5.74, 6) is 0.717. The number of halogens is 1. The van der Waals surface area contributed by atoms with Crippen molar-refractivity contribution in [2.24, 2.45) is 5.92 Å². The summed E-state index contributed by atoms with van der Waals surface area (Å²) in [6.07, 6.45) is 5.68. The molecule has 2 fully saturated rings. The van der Waals surface area contributed by atoms with Gasteiger partial charge >= 0.3 is 0 Å². The van der Waals surface area contributed by atoms with E-state index in [4.69, 9.17) is 0 Å². The molecule has 0 atom stereocenters. The molecule has 27 heavy (non-hydrogen) atoms.